The molecule has 0 unspecified atom stereocenters. The Morgan fingerprint density at radius 3 is 2.33 bits per heavy atom. The van der Waals surface area contributed by atoms with Crippen LogP contribution in [0.3, 0.4) is 0 Å². The summed E-state index contributed by atoms with van der Waals surface area (Å²) in [5.74, 6) is -5.77. The largest absolute Gasteiger partial charge is 0.379 e. The third-order valence-corrected chi connectivity index (χ3v) is 7.66. The van der Waals surface area contributed by atoms with E-state index in [0.29, 0.717) is 6.07 Å². The number of morpholine rings is 1. The molecule has 30 heavy (non-hydrogen) atoms. The van der Waals surface area contributed by atoms with Gasteiger partial charge >= 0.3 is 0 Å². The maximum absolute atomic E-state index is 13.7. The molecule has 0 aliphatic carbocycles. The molecule has 1 aliphatic rings. The monoisotopic (exact) mass is 546 g/mol. The van der Waals surface area contributed by atoms with E-state index in [4.69, 9.17) is 27.9 Å². The van der Waals surface area contributed by atoms with E-state index in [9.17, 15) is 26.4 Å². The molecule has 1 saturated heterocycles. The normalized spacial score (nSPS) is 15.3. The molecule has 1 heterocycles. The molecule has 13 heteroatoms. The average molecular weight is 548 g/mol. The molecule has 1 fully saturated rings. The molecule has 6 nitrogen and oxygen atoms in total. The second-order valence-corrected chi connectivity index (χ2v) is 9.59. The van der Waals surface area contributed by atoms with Crippen molar-refractivity contribution in [3.63, 3.8) is 0 Å². The molecule has 0 atom stereocenters. The van der Waals surface area contributed by atoms with Crippen LogP contribution in [-0.4, -0.2) is 44.9 Å². The number of amides is 1. The van der Waals surface area contributed by atoms with Gasteiger partial charge in [-0.3, -0.25) is 4.79 Å². The lowest BCUT2D eigenvalue weighted by Crippen LogP contribution is -2.40. The zero-order valence-corrected chi connectivity index (χ0v) is 18.7. The second-order valence-electron chi connectivity index (χ2n) is 6.08. The molecule has 0 radical (unpaired) electrons. The van der Waals surface area contributed by atoms with Crippen molar-refractivity contribution >= 4 is 60.7 Å². The third-order valence-electron chi connectivity index (χ3n) is 4.20. The van der Waals surface area contributed by atoms with E-state index in [0.717, 1.165) is 16.4 Å². The highest BCUT2D eigenvalue weighted by molar-refractivity contribution is 9.10. The fourth-order valence-electron chi connectivity index (χ4n) is 2.68. The van der Waals surface area contributed by atoms with Crippen LogP contribution in [0.1, 0.15) is 10.4 Å². The Labute approximate surface area is 188 Å². The Morgan fingerprint density at radius 1 is 1.07 bits per heavy atom. The molecule has 1 N–H and O–H groups in total. The molecule has 1 amide bonds. The van der Waals surface area contributed by atoms with Crippen molar-refractivity contribution < 1.29 is 31.1 Å². The van der Waals surface area contributed by atoms with Crippen molar-refractivity contribution in [1.29, 1.82) is 0 Å². The van der Waals surface area contributed by atoms with Crippen molar-refractivity contribution in [2.45, 2.75) is 4.90 Å². The lowest BCUT2D eigenvalue weighted by atomic mass is 10.2. The predicted molar refractivity (Wildman–Crippen MR) is 108 cm³/mol. The number of rotatable bonds is 4. The van der Waals surface area contributed by atoms with Crippen LogP contribution in [0.25, 0.3) is 0 Å². The first-order valence-electron chi connectivity index (χ1n) is 8.25. The molecule has 0 saturated carbocycles. The lowest BCUT2D eigenvalue weighted by molar-refractivity contribution is 0.0730. The van der Waals surface area contributed by atoms with Crippen molar-refractivity contribution in [1.82, 2.24) is 4.31 Å². The number of hydrogen-bond donors (Lipinski definition) is 1. The van der Waals surface area contributed by atoms with Gasteiger partial charge in [0.2, 0.25) is 10.0 Å². The number of hydrogen-bond acceptors (Lipinski definition) is 4. The number of carbonyl (C=O) groups excluding carboxylic acids is 1. The number of benzene rings is 2. The van der Waals surface area contributed by atoms with Crippen molar-refractivity contribution in [3.05, 3.63) is 55.7 Å². The Morgan fingerprint density at radius 2 is 1.70 bits per heavy atom. The maximum Gasteiger partial charge on any atom is 0.257 e. The molecule has 3 rings (SSSR count). The quantitative estimate of drug-likeness (QED) is 0.453. The summed E-state index contributed by atoms with van der Waals surface area (Å²) in [6.45, 7) is 0.606. The summed E-state index contributed by atoms with van der Waals surface area (Å²) in [7, 11) is -4.06. The fourth-order valence-corrected chi connectivity index (χ4v) is 5.31. The summed E-state index contributed by atoms with van der Waals surface area (Å²) in [6, 6.07) is 2.61. The van der Waals surface area contributed by atoms with Crippen LogP contribution in [0.5, 0.6) is 0 Å². The van der Waals surface area contributed by atoms with Crippen molar-refractivity contribution in [2.24, 2.45) is 0 Å². The van der Waals surface area contributed by atoms with Crippen molar-refractivity contribution in [2.75, 3.05) is 31.6 Å². The Balaban J connectivity index is 1.99. The maximum atomic E-state index is 13.7. The van der Waals surface area contributed by atoms with Gasteiger partial charge in [0.1, 0.15) is 4.90 Å². The zero-order valence-electron chi connectivity index (χ0n) is 14.8. The molecule has 0 bridgehead atoms. The van der Waals surface area contributed by atoms with E-state index in [2.05, 4.69) is 21.2 Å². The van der Waals surface area contributed by atoms with Crippen molar-refractivity contribution in [3.8, 4) is 0 Å². The van der Waals surface area contributed by atoms with E-state index in [1.807, 2.05) is 0 Å². The summed E-state index contributed by atoms with van der Waals surface area (Å²) >= 11 is 14.8. The van der Waals surface area contributed by atoms with Gasteiger partial charge in [-0.15, -0.1) is 0 Å². The van der Waals surface area contributed by atoms with Crippen LogP contribution in [0.4, 0.5) is 18.9 Å². The number of ether oxygens (including phenoxy) is 1. The highest BCUT2D eigenvalue weighted by Gasteiger charge is 2.30. The first-order chi connectivity index (χ1) is 14.0. The second kappa shape index (κ2) is 9.01. The summed E-state index contributed by atoms with van der Waals surface area (Å²) in [6.07, 6.45) is 0. The number of nitrogens with zero attached hydrogens (tertiary/aromatic N) is 1. The number of anilines is 1. The van der Waals surface area contributed by atoms with Crippen LogP contribution < -0.4 is 5.32 Å². The minimum Gasteiger partial charge on any atom is -0.379 e. The van der Waals surface area contributed by atoms with E-state index >= 15 is 0 Å². The van der Waals surface area contributed by atoms with Gasteiger partial charge in [0.25, 0.3) is 5.91 Å². The van der Waals surface area contributed by atoms with Crippen LogP contribution >= 0.6 is 39.1 Å². The molecule has 0 spiro atoms. The number of halogens is 6. The van der Waals surface area contributed by atoms with E-state index < -0.39 is 43.5 Å². The lowest BCUT2D eigenvalue weighted by Gasteiger charge is -2.26. The first kappa shape index (κ1) is 23.3. The fraction of sp³-hybridized carbons (Fsp3) is 0.235. The zero-order chi connectivity index (χ0) is 22.2. The van der Waals surface area contributed by atoms with Gasteiger partial charge in [0.15, 0.2) is 17.5 Å². The van der Waals surface area contributed by atoms with Gasteiger partial charge in [-0.2, -0.15) is 4.31 Å². The number of sulfonamides is 1. The Bertz CT molecular complexity index is 1130. The summed E-state index contributed by atoms with van der Waals surface area (Å²) in [5, 5.41) is 1.76. The topological polar surface area (TPSA) is 75.7 Å². The Kier molecular flexibility index (Phi) is 7.00. The molecular weight excluding hydrogens is 536 g/mol. The van der Waals surface area contributed by atoms with Gasteiger partial charge in [0.05, 0.1) is 39.0 Å². The highest BCUT2D eigenvalue weighted by Crippen LogP contribution is 2.33. The van der Waals surface area contributed by atoms with Crippen LogP contribution in [0, 0.1) is 17.5 Å². The van der Waals surface area contributed by atoms with E-state index in [1.165, 1.54) is 0 Å². The molecule has 162 valence electrons. The molecular formula is C17H12BrCl2F3N2O4S. The minimum absolute atomic E-state index is 0.101. The SMILES string of the molecule is O=C(Nc1cc(F)c(F)c(F)c1Br)c1cc(S(=O)(=O)N2CCOCC2)c(Cl)cc1Cl. The number of carbonyl (C=O) groups is 1. The molecule has 2 aromatic carbocycles. The number of nitrogens with one attached hydrogen (secondary N) is 1. The smallest absolute Gasteiger partial charge is 0.257 e. The van der Waals surface area contributed by atoms with Crippen LogP contribution in [-0.2, 0) is 14.8 Å². The molecule has 0 aromatic heterocycles. The average Bonchev–Trinajstić information content (AvgIpc) is 2.70. The van der Waals surface area contributed by atoms with Gasteiger partial charge in [-0.25, -0.2) is 21.6 Å². The summed E-state index contributed by atoms with van der Waals surface area (Å²) < 4.78 is 72.1. The standard InChI is InChI=1S/C17H12BrCl2F3N2O4S/c18-14-12(7-11(21)15(22)16(14)23)24-17(26)8-5-13(10(20)6-9(8)19)30(27,28)25-1-3-29-4-2-25/h5-7H,1-4H2,(H,24,26). The van der Waals surface area contributed by atoms with E-state index in [-0.39, 0.29) is 46.8 Å². The van der Waals surface area contributed by atoms with Gasteiger partial charge < -0.3 is 10.1 Å². The Hall–Kier alpha value is -1.37. The third kappa shape index (κ3) is 4.46. The molecule has 1 aliphatic heterocycles. The van der Waals surface area contributed by atoms with Crippen LogP contribution in [0.15, 0.2) is 27.6 Å². The minimum atomic E-state index is -4.06. The van der Waals surface area contributed by atoms with E-state index in [1.54, 1.807) is 0 Å². The predicted octanol–water partition coefficient (Wildman–Crippen LogP) is 4.45. The summed E-state index contributed by atoms with van der Waals surface area (Å²) in [4.78, 5) is 12.3. The molecule has 2 aromatic rings. The van der Waals surface area contributed by atoms with Gasteiger partial charge in [-0.1, -0.05) is 23.2 Å². The summed E-state index contributed by atoms with van der Waals surface area (Å²) in [5.41, 5.74) is -0.732. The highest BCUT2D eigenvalue weighted by atomic mass is 79.9. The first-order valence-corrected chi connectivity index (χ1v) is 11.2. The van der Waals surface area contributed by atoms with Gasteiger partial charge in [-0.05, 0) is 28.1 Å². The van der Waals surface area contributed by atoms with Gasteiger partial charge in [0, 0.05) is 19.2 Å². The van der Waals surface area contributed by atoms with Crippen LogP contribution in [0.2, 0.25) is 10.0 Å².